The molecule has 1 amide bonds. The van der Waals surface area contributed by atoms with Crippen LogP contribution in [-0.4, -0.2) is 25.7 Å². The van der Waals surface area contributed by atoms with Gasteiger partial charge in [0.1, 0.15) is 6.54 Å². The van der Waals surface area contributed by atoms with Crippen LogP contribution < -0.4 is 5.32 Å². The van der Waals surface area contributed by atoms with Gasteiger partial charge in [0.05, 0.1) is 18.6 Å². The first-order valence-corrected chi connectivity index (χ1v) is 4.07. The Morgan fingerprint density at radius 2 is 2.58 bits per heavy atom. The maximum atomic E-state index is 11.2. The number of hydrogen-bond acceptors (Lipinski definition) is 3. The van der Waals surface area contributed by atoms with Crippen molar-refractivity contribution in [2.75, 3.05) is 19.8 Å². The van der Waals surface area contributed by atoms with Crippen molar-refractivity contribution in [3.63, 3.8) is 0 Å². The summed E-state index contributed by atoms with van der Waals surface area (Å²) in [4.78, 5) is 11.2. The number of amides is 1. The summed E-state index contributed by atoms with van der Waals surface area (Å²) in [5.41, 5.74) is 0. The first-order chi connectivity index (χ1) is 5.84. The highest BCUT2D eigenvalue weighted by Gasteiger charge is 2.20. The van der Waals surface area contributed by atoms with Crippen LogP contribution in [0.2, 0.25) is 0 Å². The number of nitrogens with one attached hydrogen (secondary N) is 1. The van der Waals surface area contributed by atoms with Crippen LogP contribution in [0.1, 0.15) is 12.8 Å². The van der Waals surface area contributed by atoms with E-state index in [-0.39, 0.29) is 18.4 Å². The van der Waals surface area contributed by atoms with Crippen molar-refractivity contribution in [1.29, 1.82) is 5.26 Å². The Morgan fingerprint density at radius 1 is 1.75 bits per heavy atom. The van der Waals surface area contributed by atoms with Gasteiger partial charge in [0.15, 0.2) is 0 Å². The van der Waals surface area contributed by atoms with E-state index in [9.17, 15) is 4.79 Å². The Bertz CT molecular complexity index is 192. The predicted octanol–water partition coefficient (Wildman–Crippen LogP) is 0.0528. The topological polar surface area (TPSA) is 62.1 Å². The van der Waals surface area contributed by atoms with Crippen molar-refractivity contribution in [2.45, 2.75) is 12.8 Å². The molecule has 1 heterocycles. The fourth-order valence-electron chi connectivity index (χ4n) is 1.22. The third kappa shape index (κ3) is 2.51. The zero-order valence-corrected chi connectivity index (χ0v) is 6.88. The fraction of sp³-hybridized carbons (Fsp3) is 0.750. The van der Waals surface area contributed by atoms with Crippen LogP contribution in [-0.2, 0) is 9.53 Å². The molecule has 66 valence electrons. The van der Waals surface area contributed by atoms with E-state index < -0.39 is 0 Å². The Balaban J connectivity index is 2.26. The van der Waals surface area contributed by atoms with E-state index in [1.54, 1.807) is 0 Å². The number of carbonyl (C=O) groups is 1. The Morgan fingerprint density at radius 3 is 3.17 bits per heavy atom. The van der Waals surface area contributed by atoms with Crippen molar-refractivity contribution in [2.24, 2.45) is 5.92 Å². The van der Waals surface area contributed by atoms with Crippen LogP contribution >= 0.6 is 0 Å². The molecule has 0 saturated carbocycles. The van der Waals surface area contributed by atoms with Crippen molar-refractivity contribution in [3.8, 4) is 6.07 Å². The van der Waals surface area contributed by atoms with Gasteiger partial charge in [0.2, 0.25) is 5.91 Å². The average Bonchev–Trinajstić information content (AvgIpc) is 2.15. The van der Waals surface area contributed by atoms with Crippen molar-refractivity contribution in [1.82, 2.24) is 5.32 Å². The first kappa shape index (κ1) is 9.01. The van der Waals surface area contributed by atoms with Gasteiger partial charge in [-0.15, -0.1) is 0 Å². The highest BCUT2D eigenvalue weighted by molar-refractivity contribution is 5.79. The van der Waals surface area contributed by atoms with Gasteiger partial charge in [0.25, 0.3) is 0 Å². The number of rotatable bonds is 2. The van der Waals surface area contributed by atoms with Gasteiger partial charge in [0, 0.05) is 6.61 Å². The van der Waals surface area contributed by atoms with Gasteiger partial charge in [-0.3, -0.25) is 4.79 Å². The number of ether oxygens (including phenoxy) is 1. The quantitative estimate of drug-likeness (QED) is 0.593. The molecule has 0 spiro atoms. The fourth-order valence-corrected chi connectivity index (χ4v) is 1.22. The Labute approximate surface area is 71.5 Å². The molecule has 12 heavy (non-hydrogen) atoms. The van der Waals surface area contributed by atoms with E-state index in [4.69, 9.17) is 10.00 Å². The van der Waals surface area contributed by atoms with Crippen LogP contribution in [0.25, 0.3) is 0 Å². The second kappa shape index (κ2) is 4.73. The van der Waals surface area contributed by atoms with E-state index in [2.05, 4.69) is 5.32 Å². The lowest BCUT2D eigenvalue weighted by molar-refractivity contribution is -0.128. The summed E-state index contributed by atoms with van der Waals surface area (Å²) < 4.78 is 5.14. The minimum Gasteiger partial charge on any atom is -0.381 e. The van der Waals surface area contributed by atoms with Gasteiger partial charge in [-0.25, -0.2) is 0 Å². The molecule has 0 aromatic carbocycles. The molecule has 1 aliphatic heterocycles. The molecule has 1 atom stereocenters. The summed E-state index contributed by atoms with van der Waals surface area (Å²) in [6.07, 6.45) is 1.81. The normalized spacial score (nSPS) is 22.8. The first-order valence-electron chi connectivity index (χ1n) is 4.07. The van der Waals surface area contributed by atoms with E-state index >= 15 is 0 Å². The van der Waals surface area contributed by atoms with E-state index in [1.807, 2.05) is 6.07 Å². The number of nitrogens with zero attached hydrogens (tertiary/aromatic N) is 1. The maximum absolute atomic E-state index is 11.2. The highest BCUT2D eigenvalue weighted by atomic mass is 16.5. The maximum Gasteiger partial charge on any atom is 0.226 e. The van der Waals surface area contributed by atoms with Crippen molar-refractivity contribution >= 4 is 5.91 Å². The predicted molar refractivity (Wildman–Crippen MR) is 42.2 cm³/mol. The Hall–Kier alpha value is -1.08. The summed E-state index contributed by atoms with van der Waals surface area (Å²) >= 11 is 0. The molecule has 0 bridgehead atoms. The van der Waals surface area contributed by atoms with Crippen LogP contribution in [0.3, 0.4) is 0 Å². The molecule has 1 rings (SSSR count). The molecule has 1 unspecified atom stereocenters. The van der Waals surface area contributed by atoms with Gasteiger partial charge in [-0.2, -0.15) is 5.26 Å². The Kier molecular flexibility index (Phi) is 3.55. The van der Waals surface area contributed by atoms with E-state index in [1.165, 1.54) is 0 Å². The highest BCUT2D eigenvalue weighted by Crippen LogP contribution is 2.12. The van der Waals surface area contributed by atoms with Crippen molar-refractivity contribution < 1.29 is 9.53 Å². The van der Waals surface area contributed by atoms with Gasteiger partial charge in [-0.05, 0) is 12.8 Å². The average molecular weight is 168 g/mol. The molecular formula is C8H12N2O2. The molecule has 1 N–H and O–H groups in total. The summed E-state index contributed by atoms with van der Waals surface area (Å²) in [6, 6.07) is 1.86. The zero-order valence-electron chi connectivity index (χ0n) is 6.88. The smallest absolute Gasteiger partial charge is 0.226 e. The molecule has 0 aromatic rings. The molecule has 1 aliphatic rings. The minimum atomic E-state index is -0.0590. The van der Waals surface area contributed by atoms with Crippen molar-refractivity contribution in [3.05, 3.63) is 0 Å². The van der Waals surface area contributed by atoms with Gasteiger partial charge in [-0.1, -0.05) is 0 Å². The second-order valence-corrected chi connectivity index (χ2v) is 2.79. The number of nitriles is 1. The van der Waals surface area contributed by atoms with Gasteiger partial charge >= 0.3 is 0 Å². The van der Waals surface area contributed by atoms with Crippen LogP contribution in [0.15, 0.2) is 0 Å². The molecular weight excluding hydrogens is 156 g/mol. The molecule has 1 saturated heterocycles. The molecule has 4 heteroatoms. The summed E-state index contributed by atoms with van der Waals surface area (Å²) in [5.74, 6) is -0.108. The van der Waals surface area contributed by atoms with E-state index in [0.717, 1.165) is 19.4 Å². The molecule has 1 fully saturated rings. The molecule has 0 radical (unpaired) electrons. The number of hydrogen-bond donors (Lipinski definition) is 1. The molecule has 0 aliphatic carbocycles. The standard InChI is InChI=1S/C8H12N2O2/c9-3-4-10-8(11)7-2-1-5-12-6-7/h7H,1-2,4-6H2,(H,10,11). The zero-order chi connectivity index (χ0) is 8.81. The lowest BCUT2D eigenvalue weighted by atomic mass is 10.0. The lowest BCUT2D eigenvalue weighted by Gasteiger charge is -2.20. The third-order valence-corrected chi connectivity index (χ3v) is 1.87. The minimum absolute atomic E-state index is 0.0490. The SMILES string of the molecule is N#CCNC(=O)C1CCCOC1. The van der Waals surface area contributed by atoms with Crippen LogP contribution in [0, 0.1) is 17.2 Å². The largest absolute Gasteiger partial charge is 0.381 e. The monoisotopic (exact) mass is 168 g/mol. The van der Waals surface area contributed by atoms with Crippen LogP contribution in [0.4, 0.5) is 0 Å². The third-order valence-electron chi connectivity index (χ3n) is 1.87. The lowest BCUT2D eigenvalue weighted by Crippen LogP contribution is -2.35. The second-order valence-electron chi connectivity index (χ2n) is 2.79. The summed E-state index contributed by atoms with van der Waals surface area (Å²) in [6.45, 7) is 1.34. The summed E-state index contributed by atoms with van der Waals surface area (Å²) in [5, 5.41) is 10.7. The summed E-state index contributed by atoms with van der Waals surface area (Å²) in [7, 11) is 0. The number of carbonyl (C=O) groups excluding carboxylic acids is 1. The van der Waals surface area contributed by atoms with Crippen LogP contribution in [0.5, 0.6) is 0 Å². The molecule has 0 aromatic heterocycles. The van der Waals surface area contributed by atoms with E-state index in [0.29, 0.717) is 6.61 Å². The van der Waals surface area contributed by atoms with Gasteiger partial charge < -0.3 is 10.1 Å². The molecule has 4 nitrogen and oxygen atoms in total.